The second-order valence-corrected chi connectivity index (χ2v) is 10.2. The maximum atomic E-state index is 13.7. The van der Waals surface area contributed by atoms with Crippen molar-refractivity contribution in [3.8, 4) is 0 Å². The van der Waals surface area contributed by atoms with Gasteiger partial charge in [0.25, 0.3) is 0 Å². The zero-order valence-corrected chi connectivity index (χ0v) is 22.5. The third kappa shape index (κ3) is 9.61. The van der Waals surface area contributed by atoms with Gasteiger partial charge in [-0.3, -0.25) is 0 Å². The Labute approximate surface area is 205 Å². The second-order valence-electron chi connectivity index (χ2n) is 9.02. The SMILES string of the molecule is CCCCOC(=O)N(CCCC)[N+](CCCC)(SC1=CC=CC(C)(C)N1)C(=O)OCCCC. The summed E-state index contributed by atoms with van der Waals surface area (Å²) in [5, 5.41) is 5.90. The van der Waals surface area contributed by atoms with Crippen LogP contribution in [0.15, 0.2) is 23.3 Å². The van der Waals surface area contributed by atoms with E-state index in [2.05, 4.69) is 52.9 Å². The minimum absolute atomic E-state index is 0.250. The van der Waals surface area contributed by atoms with Crippen molar-refractivity contribution in [2.45, 2.75) is 98.4 Å². The average molecular weight is 485 g/mol. The van der Waals surface area contributed by atoms with E-state index in [1.54, 1.807) is 5.01 Å². The van der Waals surface area contributed by atoms with Gasteiger partial charge in [-0.25, -0.2) is 4.79 Å². The van der Waals surface area contributed by atoms with Crippen molar-refractivity contribution in [1.29, 1.82) is 0 Å². The molecule has 1 N–H and O–H groups in total. The lowest BCUT2D eigenvalue weighted by Gasteiger charge is -2.40. The van der Waals surface area contributed by atoms with Gasteiger partial charge < -0.3 is 14.8 Å². The molecule has 0 saturated heterocycles. The highest BCUT2D eigenvalue weighted by molar-refractivity contribution is 7.98. The van der Waals surface area contributed by atoms with E-state index in [0.717, 1.165) is 56.4 Å². The number of allylic oxidation sites excluding steroid dienone is 2. The van der Waals surface area contributed by atoms with Crippen molar-refractivity contribution >= 4 is 24.1 Å². The first-order valence-electron chi connectivity index (χ1n) is 12.6. The van der Waals surface area contributed by atoms with Gasteiger partial charge in [0.2, 0.25) is 0 Å². The largest absolute Gasteiger partial charge is 0.554 e. The fourth-order valence-electron chi connectivity index (χ4n) is 3.28. The molecule has 1 aliphatic rings. The van der Waals surface area contributed by atoms with Gasteiger partial charge in [-0.05, 0) is 39.2 Å². The summed E-state index contributed by atoms with van der Waals surface area (Å²) in [5.41, 5.74) is -0.250. The van der Waals surface area contributed by atoms with Crippen molar-refractivity contribution < 1.29 is 23.1 Å². The van der Waals surface area contributed by atoms with E-state index in [0.29, 0.717) is 26.3 Å². The monoisotopic (exact) mass is 484 g/mol. The highest BCUT2D eigenvalue weighted by atomic mass is 32.2. The van der Waals surface area contributed by atoms with Crippen LogP contribution < -0.4 is 5.32 Å². The summed E-state index contributed by atoms with van der Waals surface area (Å²) in [6.45, 7) is 14.0. The predicted molar refractivity (Wildman–Crippen MR) is 136 cm³/mol. The molecule has 1 heterocycles. The van der Waals surface area contributed by atoms with E-state index < -0.39 is 12.2 Å². The molecule has 0 saturated carbocycles. The molecule has 1 rings (SSSR count). The Hall–Kier alpha value is -1.67. The van der Waals surface area contributed by atoms with E-state index >= 15 is 0 Å². The number of carbonyl (C=O) groups is 2. The summed E-state index contributed by atoms with van der Waals surface area (Å²) in [6, 6.07) is 0. The fourth-order valence-corrected chi connectivity index (χ4v) is 4.65. The molecule has 0 aliphatic carbocycles. The summed E-state index contributed by atoms with van der Waals surface area (Å²) in [6.07, 6.45) is 11.9. The van der Waals surface area contributed by atoms with Gasteiger partial charge in [0, 0.05) is 6.42 Å². The lowest BCUT2D eigenvalue weighted by atomic mass is 10.0. The minimum Gasteiger partial charge on any atom is -0.446 e. The third-order valence-electron chi connectivity index (χ3n) is 5.33. The predicted octanol–water partition coefficient (Wildman–Crippen LogP) is 6.92. The molecule has 0 aromatic rings. The average Bonchev–Trinajstić information content (AvgIpc) is 2.77. The number of hydrogen-bond acceptors (Lipinski definition) is 6. The lowest BCUT2D eigenvalue weighted by molar-refractivity contribution is -0.838. The van der Waals surface area contributed by atoms with Gasteiger partial charge in [-0.15, -0.1) is 5.01 Å². The first-order chi connectivity index (χ1) is 15.8. The molecule has 7 nitrogen and oxygen atoms in total. The van der Waals surface area contributed by atoms with Gasteiger partial charge in [0.05, 0.1) is 25.3 Å². The molecule has 0 fully saturated rings. The molecule has 0 radical (unpaired) electrons. The molecular weight excluding hydrogens is 438 g/mol. The lowest BCUT2D eigenvalue weighted by Crippen LogP contribution is -2.62. The second kappa shape index (κ2) is 15.3. The number of carbonyl (C=O) groups excluding carboxylic acids is 2. The van der Waals surface area contributed by atoms with Crippen molar-refractivity contribution in [2.75, 3.05) is 26.3 Å². The van der Waals surface area contributed by atoms with Gasteiger partial charge in [-0.1, -0.05) is 69.5 Å². The number of quaternary nitrogens is 1. The van der Waals surface area contributed by atoms with Crippen LogP contribution in [-0.4, -0.2) is 53.0 Å². The van der Waals surface area contributed by atoms with E-state index in [1.165, 1.54) is 11.9 Å². The Kier molecular flexibility index (Phi) is 13.6. The molecule has 8 heteroatoms. The first-order valence-corrected chi connectivity index (χ1v) is 13.4. The van der Waals surface area contributed by atoms with Crippen LogP contribution in [0.3, 0.4) is 0 Å². The molecule has 0 bridgehead atoms. The highest BCUT2D eigenvalue weighted by Crippen LogP contribution is 2.37. The summed E-state index contributed by atoms with van der Waals surface area (Å²) in [4.78, 5) is 27.1. The molecule has 0 aromatic heterocycles. The fraction of sp³-hybridized carbons (Fsp3) is 0.760. The van der Waals surface area contributed by atoms with Gasteiger partial charge >= 0.3 is 12.2 Å². The number of ether oxygens (including phenoxy) is 2. The summed E-state index contributed by atoms with van der Waals surface area (Å²) in [7, 11) is 0. The zero-order valence-electron chi connectivity index (χ0n) is 21.7. The van der Waals surface area contributed by atoms with Crippen LogP contribution in [0.25, 0.3) is 0 Å². The Morgan fingerprint density at radius 1 is 0.970 bits per heavy atom. The Balaban J connectivity index is 3.42. The molecule has 2 amide bonds. The van der Waals surface area contributed by atoms with Crippen molar-refractivity contribution in [1.82, 2.24) is 10.3 Å². The standard InChI is InChI=1S/C25H46N3O4S/c1-7-11-18-27(23(29)31-20-13-9-3)28(19-12-8-2,24(30)32-21-14-10-4)33-22-16-15-17-25(5,6)26-22/h15-17,26H,7-14,18-21H2,1-6H3/q+1. The van der Waals surface area contributed by atoms with Crippen molar-refractivity contribution in [3.05, 3.63) is 23.3 Å². The number of nitrogens with zero attached hydrogens (tertiary/aromatic N) is 2. The normalized spacial score (nSPS) is 16.4. The number of rotatable bonds is 14. The zero-order chi connectivity index (χ0) is 24.7. The van der Waals surface area contributed by atoms with Gasteiger partial charge in [0.15, 0.2) is 11.9 Å². The van der Waals surface area contributed by atoms with Crippen LogP contribution in [0.4, 0.5) is 9.59 Å². The molecule has 1 unspecified atom stereocenters. The number of nitrogens with one attached hydrogen (secondary N) is 1. The van der Waals surface area contributed by atoms with E-state index in [1.807, 2.05) is 12.2 Å². The molecule has 1 atom stereocenters. The van der Waals surface area contributed by atoms with Crippen LogP contribution in [0.2, 0.25) is 0 Å². The van der Waals surface area contributed by atoms with E-state index in [-0.39, 0.29) is 9.54 Å². The van der Waals surface area contributed by atoms with Crippen LogP contribution >= 0.6 is 11.9 Å². The first kappa shape index (κ1) is 29.4. The summed E-state index contributed by atoms with van der Waals surface area (Å²) in [5.74, 6) is 0. The Morgan fingerprint density at radius 3 is 2.15 bits per heavy atom. The minimum atomic E-state index is -0.459. The number of dihydropyridines is 1. The smallest absolute Gasteiger partial charge is 0.446 e. The quantitative estimate of drug-likeness (QED) is 0.125. The summed E-state index contributed by atoms with van der Waals surface area (Å²) >= 11 is 1.33. The van der Waals surface area contributed by atoms with Crippen LogP contribution in [0, 0.1) is 0 Å². The summed E-state index contributed by atoms with van der Waals surface area (Å²) < 4.78 is 11.1. The number of hydrogen-bond donors (Lipinski definition) is 1. The maximum absolute atomic E-state index is 13.7. The Bertz CT molecular complexity index is 666. The third-order valence-corrected chi connectivity index (χ3v) is 6.59. The van der Waals surface area contributed by atoms with Crippen molar-refractivity contribution in [3.63, 3.8) is 0 Å². The van der Waals surface area contributed by atoms with Gasteiger partial charge in [-0.2, -0.15) is 4.79 Å². The topological polar surface area (TPSA) is 67.9 Å². The van der Waals surface area contributed by atoms with E-state index in [9.17, 15) is 9.59 Å². The molecule has 190 valence electrons. The molecule has 33 heavy (non-hydrogen) atoms. The van der Waals surface area contributed by atoms with Gasteiger partial charge in [0.1, 0.15) is 11.6 Å². The maximum Gasteiger partial charge on any atom is 0.554 e. The van der Waals surface area contributed by atoms with Crippen LogP contribution in [-0.2, 0) is 9.47 Å². The Morgan fingerprint density at radius 2 is 1.58 bits per heavy atom. The molecule has 0 spiro atoms. The molecule has 0 aromatic carbocycles. The van der Waals surface area contributed by atoms with Crippen molar-refractivity contribution in [2.24, 2.45) is 0 Å². The molecular formula is C25H46N3O4S+. The molecule has 1 aliphatic heterocycles. The van der Waals surface area contributed by atoms with Crippen LogP contribution in [0.1, 0.15) is 92.9 Å². The highest BCUT2D eigenvalue weighted by Gasteiger charge is 2.52. The number of amides is 2. The van der Waals surface area contributed by atoms with Crippen LogP contribution in [0.5, 0.6) is 0 Å². The number of unbranched alkanes of at least 4 members (excludes halogenated alkanes) is 4. The van der Waals surface area contributed by atoms with E-state index in [4.69, 9.17) is 9.47 Å².